The van der Waals surface area contributed by atoms with Crippen LogP contribution in [0.25, 0.3) is 0 Å². The van der Waals surface area contributed by atoms with Crippen molar-refractivity contribution in [2.75, 3.05) is 0 Å². The first kappa shape index (κ1) is 39.1. The maximum atomic E-state index is 8.29. The Morgan fingerprint density at radius 1 is 0.909 bits per heavy atom. The van der Waals surface area contributed by atoms with Crippen LogP contribution < -0.4 is 59.1 Å². The van der Waals surface area contributed by atoms with Gasteiger partial charge in [0, 0.05) is 0 Å². The van der Waals surface area contributed by atoms with Gasteiger partial charge in [0.05, 0.1) is 0 Å². The van der Waals surface area contributed by atoms with E-state index in [4.69, 9.17) is 29.2 Å². The third-order valence-corrected chi connectivity index (χ3v) is 0. The van der Waals surface area contributed by atoms with Gasteiger partial charge in [-0.2, -0.15) is 0 Å². The molecule has 0 spiro atoms. The Hall–Kier alpha value is 1.53. The molecule has 6 nitrogen and oxygen atoms in total. The summed E-state index contributed by atoms with van der Waals surface area (Å²) in [5, 5.41) is 12.0. The van der Waals surface area contributed by atoms with Crippen LogP contribution in [0.2, 0.25) is 0 Å². The summed E-state index contributed by atoms with van der Waals surface area (Å²) in [6, 6.07) is 0. The van der Waals surface area contributed by atoms with Crippen LogP contribution in [-0.2, 0) is 9.59 Å². The third kappa shape index (κ3) is 447. The standard InChI is InChI=1S/2CH2O.2Na.H2O2S.H2O2/c2*1-2;;;1-3-2;1-2/h2*1H2;;;1-2H;1-2H/q;;2*+1;;/p-2. The Morgan fingerprint density at radius 2 is 0.909 bits per heavy atom. The van der Waals surface area contributed by atoms with Crippen LogP contribution in [0.5, 0.6) is 0 Å². The molecule has 0 rings (SSSR count). The fraction of sp³-hybridized carbons (Fsp3) is 0. The molecular weight excluding hydrogens is 198 g/mol. The summed E-state index contributed by atoms with van der Waals surface area (Å²) in [6.07, 6.45) is 0. The first-order valence-corrected chi connectivity index (χ1v) is 1.78. The van der Waals surface area contributed by atoms with E-state index in [0.717, 1.165) is 0 Å². The number of carbonyl (C=O) groups excluding carboxylic acids is 2. The first-order chi connectivity index (χ1) is 4.41. The number of carbonyl (C=O) groups is 2. The van der Waals surface area contributed by atoms with Crippen LogP contribution in [0.4, 0.5) is 0 Å². The van der Waals surface area contributed by atoms with Gasteiger partial charge in [-0.05, 0) is 0 Å². The number of hydrogen-bond donors (Lipinski definition) is 2. The predicted molar refractivity (Wildman–Crippen MR) is 28.6 cm³/mol. The second-order valence-corrected chi connectivity index (χ2v) is 0.204. The van der Waals surface area contributed by atoms with Gasteiger partial charge in [0.1, 0.15) is 13.6 Å². The minimum atomic E-state index is -0.750. The first-order valence-electron chi connectivity index (χ1n) is 1.11. The van der Waals surface area contributed by atoms with Crippen molar-refractivity contribution in [2.24, 2.45) is 0 Å². The summed E-state index contributed by atoms with van der Waals surface area (Å²) >= 11 is -0.750. The maximum Gasteiger partial charge on any atom is 1.00 e. The third-order valence-electron chi connectivity index (χ3n) is 0. The summed E-state index contributed by atoms with van der Waals surface area (Å²) in [4.78, 5) is 16.0. The molecule has 2 N–H and O–H groups in total. The van der Waals surface area contributed by atoms with Gasteiger partial charge in [-0.15, -0.1) is 0 Å². The van der Waals surface area contributed by atoms with Crippen LogP contribution in [0.3, 0.4) is 0 Å². The molecule has 0 aliphatic heterocycles. The van der Waals surface area contributed by atoms with Crippen molar-refractivity contribution >= 4 is 25.9 Å². The molecule has 0 aromatic carbocycles. The Labute approximate surface area is 113 Å². The van der Waals surface area contributed by atoms with Crippen molar-refractivity contribution in [1.29, 1.82) is 0 Å². The largest absolute Gasteiger partial charge is 1.00 e. The van der Waals surface area contributed by atoms with Gasteiger partial charge < -0.3 is 31.0 Å². The molecule has 0 aromatic rings. The molecule has 0 saturated carbocycles. The van der Waals surface area contributed by atoms with Gasteiger partial charge in [0.15, 0.2) is 0 Å². The van der Waals surface area contributed by atoms with Crippen molar-refractivity contribution in [1.82, 2.24) is 0 Å². The Morgan fingerprint density at radius 3 is 0.909 bits per heavy atom. The van der Waals surface area contributed by atoms with E-state index in [-0.39, 0.29) is 59.1 Å². The molecule has 0 aliphatic carbocycles. The van der Waals surface area contributed by atoms with Crippen LogP contribution in [0, 0.1) is 0 Å². The molecule has 0 radical (unpaired) electrons. The summed E-state index contributed by atoms with van der Waals surface area (Å²) in [6.45, 7) is 4.00. The van der Waals surface area contributed by atoms with Gasteiger partial charge in [0.2, 0.25) is 0 Å². The second kappa shape index (κ2) is 200. The zero-order chi connectivity index (χ0) is 8.71. The van der Waals surface area contributed by atoms with E-state index in [2.05, 4.69) is 0 Å². The average Bonchev–Trinajstić information content (AvgIpc) is 2.01. The van der Waals surface area contributed by atoms with Gasteiger partial charge in [-0.3, -0.25) is 10.5 Å². The normalized spacial score (nSPS) is 2.91. The monoisotopic (exact) mass is 204 g/mol. The van der Waals surface area contributed by atoms with Crippen molar-refractivity contribution in [3.63, 3.8) is 0 Å². The topological polar surface area (TPSA) is 121 Å². The Balaban J connectivity index is -0.00000000729. The summed E-state index contributed by atoms with van der Waals surface area (Å²) in [5.41, 5.74) is 0. The van der Waals surface area contributed by atoms with Crippen LogP contribution in [0.15, 0.2) is 0 Å². The van der Waals surface area contributed by atoms with Gasteiger partial charge in [-0.25, -0.2) is 0 Å². The van der Waals surface area contributed by atoms with E-state index in [1.54, 1.807) is 0 Å². The predicted octanol–water partition coefficient (Wildman–Crippen LogP) is -6.36. The van der Waals surface area contributed by atoms with Crippen molar-refractivity contribution < 1.29 is 88.3 Å². The molecule has 0 saturated heterocycles. The molecule has 0 atom stereocenters. The quantitative estimate of drug-likeness (QED) is 0.174. The van der Waals surface area contributed by atoms with Gasteiger partial charge in [0.25, 0.3) is 0 Å². The average molecular weight is 204 g/mol. The fourth-order valence-corrected chi connectivity index (χ4v) is 0. The molecule has 11 heavy (non-hydrogen) atoms. The van der Waals surface area contributed by atoms with Gasteiger partial charge >= 0.3 is 59.1 Å². The zero-order valence-electron chi connectivity index (χ0n) is 6.35. The molecule has 0 heterocycles. The summed E-state index contributed by atoms with van der Waals surface area (Å²) < 4.78 is 16.6. The number of hydrogen-bond acceptors (Lipinski definition) is 7. The van der Waals surface area contributed by atoms with E-state index in [9.17, 15) is 0 Å². The molecule has 0 fully saturated rings. The fourth-order valence-electron chi connectivity index (χ4n) is 0. The second-order valence-electron chi connectivity index (χ2n) is 0.0680. The Bertz CT molecular complexity index is 26.1. The van der Waals surface area contributed by atoms with E-state index >= 15 is 0 Å². The molecule has 0 aliphatic rings. The molecule has 58 valence electrons. The molecule has 0 aromatic heterocycles. The van der Waals surface area contributed by atoms with Gasteiger partial charge in [-0.1, -0.05) is 0 Å². The summed E-state index contributed by atoms with van der Waals surface area (Å²) in [7, 11) is 0. The van der Waals surface area contributed by atoms with Crippen molar-refractivity contribution in [2.45, 2.75) is 0 Å². The molecule has 0 unspecified atom stereocenters. The van der Waals surface area contributed by atoms with Crippen molar-refractivity contribution in [3.8, 4) is 0 Å². The summed E-state index contributed by atoms with van der Waals surface area (Å²) in [5.74, 6) is 0. The van der Waals surface area contributed by atoms with Crippen LogP contribution in [0.1, 0.15) is 0 Å². The van der Waals surface area contributed by atoms with E-state index < -0.39 is 12.3 Å². The molecule has 9 heteroatoms. The molecular formula is C2H6Na2O6S. The maximum absolute atomic E-state index is 8.29. The molecule has 0 amide bonds. The zero-order valence-corrected chi connectivity index (χ0v) is 11.2. The van der Waals surface area contributed by atoms with Crippen LogP contribution >= 0.6 is 12.3 Å². The molecule has 0 bridgehead atoms. The van der Waals surface area contributed by atoms with E-state index in [0.29, 0.717) is 0 Å². The Kier molecular flexibility index (Phi) is 709. The minimum absolute atomic E-state index is 0. The minimum Gasteiger partial charge on any atom is -0.811 e. The number of rotatable bonds is 0. The SMILES string of the molecule is C=O.C=O.OO.[Na+].[Na+].[O-]S[O-]. The smallest absolute Gasteiger partial charge is 0.811 e. The van der Waals surface area contributed by atoms with E-state index in [1.165, 1.54) is 0 Å². The van der Waals surface area contributed by atoms with Crippen molar-refractivity contribution in [3.05, 3.63) is 0 Å². The van der Waals surface area contributed by atoms with Crippen LogP contribution in [-0.4, -0.2) is 33.2 Å². The van der Waals surface area contributed by atoms with E-state index in [1.807, 2.05) is 13.6 Å².